The van der Waals surface area contributed by atoms with Gasteiger partial charge in [0.2, 0.25) is 0 Å². The lowest BCUT2D eigenvalue weighted by atomic mass is 10.2. The van der Waals surface area contributed by atoms with Gasteiger partial charge in [0.15, 0.2) is 0 Å². The highest BCUT2D eigenvalue weighted by Gasteiger charge is 2.26. The molecule has 1 atom stereocenters. The van der Waals surface area contributed by atoms with Gasteiger partial charge in [0.25, 0.3) is 0 Å². The highest BCUT2D eigenvalue weighted by molar-refractivity contribution is 5.81. The predicted molar refractivity (Wildman–Crippen MR) is 101 cm³/mol. The molecule has 0 heterocycles. The Morgan fingerprint density at radius 3 is 1.85 bits per heavy atom. The fraction of sp³-hybridized carbons (Fsp3) is 0.300. The molecule has 0 saturated carbocycles. The van der Waals surface area contributed by atoms with Crippen LogP contribution in [-0.4, -0.2) is 35.4 Å². The zero-order valence-electron chi connectivity index (χ0n) is 15.2. The zero-order chi connectivity index (χ0) is 19.2. The number of para-hydroxylation sites is 2. The molecule has 0 aliphatic heterocycles. The molecule has 6 heteroatoms. The van der Waals surface area contributed by atoms with Crippen molar-refractivity contribution in [3.8, 4) is 0 Å². The van der Waals surface area contributed by atoms with Crippen LogP contribution in [0.1, 0.15) is 20.8 Å². The van der Waals surface area contributed by atoms with Crippen LogP contribution >= 0.6 is 0 Å². The normalized spacial score (nSPS) is 12.1. The predicted octanol–water partition coefficient (Wildman–Crippen LogP) is 3.80. The molecule has 1 amide bonds. The van der Waals surface area contributed by atoms with E-state index in [-0.39, 0.29) is 6.54 Å². The Labute approximate surface area is 153 Å². The molecular formula is C20H24N2O4. The molecule has 2 N–H and O–H groups in total. The van der Waals surface area contributed by atoms with Gasteiger partial charge >= 0.3 is 12.1 Å². The lowest BCUT2D eigenvalue weighted by Crippen LogP contribution is -2.49. The molecule has 138 valence electrons. The number of hydrogen-bond donors (Lipinski definition) is 2. The number of carboxylic acid groups (broad SMARTS) is 1. The van der Waals surface area contributed by atoms with Gasteiger partial charge < -0.3 is 20.1 Å². The second-order valence-electron chi connectivity index (χ2n) is 6.82. The van der Waals surface area contributed by atoms with E-state index >= 15 is 0 Å². The number of carboxylic acids is 1. The molecule has 0 radical (unpaired) electrons. The van der Waals surface area contributed by atoms with Crippen molar-refractivity contribution in [2.24, 2.45) is 0 Å². The number of nitrogens with zero attached hydrogens (tertiary/aromatic N) is 1. The third-order valence-electron chi connectivity index (χ3n) is 3.49. The summed E-state index contributed by atoms with van der Waals surface area (Å²) < 4.78 is 5.18. The Balaban J connectivity index is 2.24. The van der Waals surface area contributed by atoms with Crippen LogP contribution in [0.3, 0.4) is 0 Å². The van der Waals surface area contributed by atoms with Crippen LogP contribution in [-0.2, 0) is 9.53 Å². The topological polar surface area (TPSA) is 78.9 Å². The third-order valence-corrected chi connectivity index (χ3v) is 3.49. The minimum Gasteiger partial charge on any atom is -0.480 e. The number of rotatable bonds is 6. The summed E-state index contributed by atoms with van der Waals surface area (Å²) in [5, 5.41) is 12.0. The number of carbonyl (C=O) groups excluding carboxylic acids is 1. The van der Waals surface area contributed by atoms with Crippen molar-refractivity contribution >= 4 is 23.4 Å². The third kappa shape index (κ3) is 5.81. The number of ether oxygens (including phenoxy) is 1. The maximum Gasteiger partial charge on any atom is 0.408 e. The largest absolute Gasteiger partial charge is 0.480 e. The molecule has 0 aliphatic rings. The molecule has 2 aromatic carbocycles. The van der Waals surface area contributed by atoms with Crippen molar-refractivity contribution in [2.75, 3.05) is 11.4 Å². The van der Waals surface area contributed by atoms with Gasteiger partial charge in [-0.15, -0.1) is 0 Å². The average molecular weight is 356 g/mol. The lowest BCUT2D eigenvalue weighted by Gasteiger charge is -2.29. The monoisotopic (exact) mass is 356 g/mol. The quantitative estimate of drug-likeness (QED) is 0.823. The maximum absolute atomic E-state index is 12.0. The van der Waals surface area contributed by atoms with Gasteiger partial charge in [-0.25, -0.2) is 9.59 Å². The van der Waals surface area contributed by atoms with Crippen LogP contribution in [0.5, 0.6) is 0 Å². The number of amides is 1. The lowest BCUT2D eigenvalue weighted by molar-refractivity contribution is -0.139. The molecule has 0 saturated heterocycles. The minimum atomic E-state index is -1.13. The summed E-state index contributed by atoms with van der Waals surface area (Å²) in [6, 6.07) is 17.7. The number of carbonyl (C=O) groups is 2. The summed E-state index contributed by atoms with van der Waals surface area (Å²) >= 11 is 0. The van der Waals surface area contributed by atoms with Gasteiger partial charge in [-0.05, 0) is 45.0 Å². The maximum atomic E-state index is 12.0. The van der Waals surface area contributed by atoms with Crippen LogP contribution in [0.25, 0.3) is 0 Å². The molecule has 26 heavy (non-hydrogen) atoms. The second-order valence-corrected chi connectivity index (χ2v) is 6.82. The summed E-state index contributed by atoms with van der Waals surface area (Å²) in [7, 11) is 0. The Morgan fingerprint density at radius 2 is 1.46 bits per heavy atom. The molecule has 0 spiro atoms. The van der Waals surface area contributed by atoms with E-state index in [1.54, 1.807) is 20.8 Å². The van der Waals surface area contributed by atoms with Gasteiger partial charge in [-0.1, -0.05) is 36.4 Å². The summed E-state index contributed by atoms with van der Waals surface area (Å²) in [4.78, 5) is 25.6. The highest BCUT2D eigenvalue weighted by atomic mass is 16.6. The minimum absolute atomic E-state index is 0.0581. The molecule has 0 unspecified atom stereocenters. The number of aliphatic carboxylic acids is 1. The van der Waals surface area contributed by atoms with E-state index in [2.05, 4.69) is 5.32 Å². The molecule has 0 aliphatic carbocycles. The molecule has 0 fully saturated rings. The van der Waals surface area contributed by atoms with Crippen molar-refractivity contribution in [3.63, 3.8) is 0 Å². The van der Waals surface area contributed by atoms with Gasteiger partial charge in [-0.3, -0.25) is 0 Å². The highest BCUT2D eigenvalue weighted by Crippen LogP contribution is 2.25. The second kappa shape index (κ2) is 8.38. The van der Waals surface area contributed by atoms with E-state index in [1.165, 1.54) is 0 Å². The van der Waals surface area contributed by atoms with Crippen molar-refractivity contribution in [1.29, 1.82) is 0 Å². The number of nitrogens with one attached hydrogen (secondary N) is 1. The van der Waals surface area contributed by atoms with Crippen molar-refractivity contribution in [3.05, 3.63) is 60.7 Å². The SMILES string of the molecule is CC(C)(C)OC(=O)N[C@@H](CN(c1ccccc1)c1ccccc1)C(=O)O. The molecule has 0 bridgehead atoms. The first-order valence-corrected chi connectivity index (χ1v) is 8.36. The van der Waals surface area contributed by atoms with Crippen molar-refractivity contribution in [2.45, 2.75) is 32.4 Å². The summed E-state index contributed by atoms with van der Waals surface area (Å²) in [5.74, 6) is -1.13. The van der Waals surface area contributed by atoms with Crippen LogP contribution in [0.4, 0.5) is 16.2 Å². The van der Waals surface area contributed by atoms with Gasteiger partial charge in [0.1, 0.15) is 11.6 Å². The van der Waals surface area contributed by atoms with E-state index in [0.717, 1.165) is 11.4 Å². The van der Waals surface area contributed by atoms with Crippen LogP contribution in [0.15, 0.2) is 60.7 Å². The Kier molecular flexibility index (Phi) is 6.22. The fourth-order valence-electron chi connectivity index (χ4n) is 2.39. The Bertz CT molecular complexity index is 687. The smallest absolute Gasteiger partial charge is 0.408 e. The summed E-state index contributed by atoms with van der Waals surface area (Å²) in [5.41, 5.74) is 0.956. The first-order chi connectivity index (χ1) is 12.3. The van der Waals surface area contributed by atoms with Crippen LogP contribution in [0, 0.1) is 0 Å². The number of alkyl carbamates (subject to hydrolysis) is 1. The fourth-order valence-corrected chi connectivity index (χ4v) is 2.39. The number of anilines is 2. The van der Waals surface area contributed by atoms with E-state index in [1.807, 2.05) is 65.6 Å². The van der Waals surface area contributed by atoms with Crippen molar-refractivity contribution < 1.29 is 19.4 Å². The van der Waals surface area contributed by atoms with E-state index in [4.69, 9.17) is 4.74 Å². The van der Waals surface area contributed by atoms with E-state index in [0.29, 0.717) is 0 Å². The first kappa shape index (κ1) is 19.3. The number of hydrogen-bond acceptors (Lipinski definition) is 4. The molecule has 0 aromatic heterocycles. The standard InChI is InChI=1S/C20H24N2O4/c1-20(2,3)26-19(25)21-17(18(23)24)14-22(15-10-6-4-7-11-15)16-12-8-5-9-13-16/h4-13,17H,14H2,1-3H3,(H,21,25)(H,23,24)/t17-/m0/s1. The molecule has 2 rings (SSSR count). The average Bonchev–Trinajstić information content (AvgIpc) is 2.58. The van der Waals surface area contributed by atoms with Gasteiger partial charge in [0, 0.05) is 11.4 Å². The van der Waals surface area contributed by atoms with Gasteiger partial charge in [-0.2, -0.15) is 0 Å². The van der Waals surface area contributed by atoms with Crippen molar-refractivity contribution in [1.82, 2.24) is 5.32 Å². The molecule has 2 aromatic rings. The van der Waals surface area contributed by atoms with E-state index < -0.39 is 23.7 Å². The summed E-state index contributed by atoms with van der Waals surface area (Å²) in [6.07, 6.45) is -0.758. The van der Waals surface area contributed by atoms with Crippen LogP contribution < -0.4 is 10.2 Å². The van der Waals surface area contributed by atoms with Crippen LogP contribution in [0.2, 0.25) is 0 Å². The Hall–Kier alpha value is -3.02. The number of benzene rings is 2. The molecule has 6 nitrogen and oxygen atoms in total. The Morgan fingerprint density at radius 1 is 1.00 bits per heavy atom. The van der Waals surface area contributed by atoms with Gasteiger partial charge in [0.05, 0.1) is 6.54 Å². The zero-order valence-corrected chi connectivity index (χ0v) is 15.2. The molecular weight excluding hydrogens is 332 g/mol. The van der Waals surface area contributed by atoms with E-state index in [9.17, 15) is 14.7 Å². The summed E-state index contributed by atoms with van der Waals surface area (Å²) in [6.45, 7) is 5.23. The first-order valence-electron chi connectivity index (χ1n) is 8.36.